The molecule has 0 radical (unpaired) electrons. The van der Waals surface area contributed by atoms with Gasteiger partial charge in [0.05, 0.1) is 10.5 Å². The summed E-state index contributed by atoms with van der Waals surface area (Å²) in [5, 5.41) is 9.14. The Labute approximate surface area is 119 Å². The van der Waals surface area contributed by atoms with Gasteiger partial charge in [0.25, 0.3) is 0 Å². The lowest BCUT2D eigenvalue weighted by molar-refractivity contribution is 0.0692. The quantitative estimate of drug-likeness (QED) is 0.926. The molecule has 0 spiro atoms. The van der Waals surface area contributed by atoms with E-state index in [2.05, 4.69) is 6.92 Å². The number of sulfonamides is 1. The first-order chi connectivity index (χ1) is 9.34. The highest BCUT2D eigenvalue weighted by Gasteiger charge is 2.33. The van der Waals surface area contributed by atoms with Crippen LogP contribution in [-0.4, -0.2) is 36.9 Å². The van der Waals surface area contributed by atoms with Crippen molar-refractivity contribution in [3.8, 4) is 0 Å². The van der Waals surface area contributed by atoms with Crippen LogP contribution in [0.25, 0.3) is 0 Å². The monoisotopic (exact) mass is 297 g/mol. The first kappa shape index (κ1) is 15.0. The molecule has 1 aromatic carbocycles. The predicted octanol–water partition coefficient (Wildman–Crippen LogP) is 2.05. The molecule has 0 aromatic heterocycles. The van der Waals surface area contributed by atoms with Gasteiger partial charge in [0, 0.05) is 13.1 Å². The molecule has 5 nitrogen and oxygen atoms in total. The van der Waals surface area contributed by atoms with Gasteiger partial charge < -0.3 is 5.11 Å². The third-order valence-corrected chi connectivity index (χ3v) is 5.96. The fourth-order valence-corrected chi connectivity index (χ4v) is 4.19. The van der Waals surface area contributed by atoms with Crippen LogP contribution < -0.4 is 0 Å². The molecule has 1 aromatic rings. The van der Waals surface area contributed by atoms with Crippen LogP contribution in [0.5, 0.6) is 0 Å². The van der Waals surface area contributed by atoms with Crippen molar-refractivity contribution in [1.29, 1.82) is 0 Å². The molecule has 2 rings (SSSR count). The SMILES string of the molecule is CC1CCN(S(=O)(=O)c2ccccc2C(=O)O)CC1C. The Kier molecular flexibility index (Phi) is 4.15. The van der Waals surface area contributed by atoms with Gasteiger partial charge in [-0.1, -0.05) is 26.0 Å². The zero-order valence-corrected chi connectivity index (χ0v) is 12.4. The number of hydrogen-bond acceptors (Lipinski definition) is 3. The van der Waals surface area contributed by atoms with Gasteiger partial charge in [0.2, 0.25) is 10.0 Å². The molecule has 1 aliphatic heterocycles. The van der Waals surface area contributed by atoms with Gasteiger partial charge in [-0.2, -0.15) is 4.31 Å². The van der Waals surface area contributed by atoms with E-state index in [1.165, 1.54) is 22.5 Å². The average Bonchev–Trinajstić information content (AvgIpc) is 2.41. The highest BCUT2D eigenvalue weighted by atomic mass is 32.2. The number of rotatable bonds is 3. The summed E-state index contributed by atoms with van der Waals surface area (Å²) in [5.74, 6) is -0.464. The Balaban J connectivity index is 2.39. The predicted molar refractivity (Wildman–Crippen MR) is 75.1 cm³/mol. The van der Waals surface area contributed by atoms with E-state index >= 15 is 0 Å². The molecule has 2 unspecified atom stereocenters. The van der Waals surface area contributed by atoms with E-state index in [4.69, 9.17) is 5.11 Å². The van der Waals surface area contributed by atoms with Crippen molar-refractivity contribution >= 4 is 16.0 Å². The van der Waals surface area contributed by atoms with Crippen molar-refractivity contribution in [1.82, 2.24) is 4.31 Å². The lowest BCUT2D eigenvalue weighted by Crippen LogP contribution is -2.42. The largest absolute Gasteiger partial charge is 0.478 e. The molecule has 0 saturated carbocycles. The standard InChI is InChI=1S/C14H19NO4S/c1-10-7-8-15(9-11(10)2)20(18,19)13-6-4-3-5-12(13)14(16)17/h3-6,10-11H,7-9H2,1-2H3,(H,16,17). The van der Waals surface area contributed by atoms with Gasteiger partial charge in [-0.25, -0.2) is 13.2 Å². The molecule has 6 heteroatoms. The molecule has 1 N–H and O–H groups in total. The molecular formula is C14H19NO4S. The summed E-state index contributed by atoms with van der Waals surface area (Å²) in [6.45, 7) is 5.02. The number of benzene rings is 1. The summed E-state index contributed by atoms with van der Waals surface area (Å²) >= 11 is 0. The zero-order valence-electron chi connectivity index (χ0n) is 11.6. The van der Waals surface area contributed by atoms with E-state index in [1.807, 2.05) is 6.92 Å². The van der Waals surface area contributed by atoms with E-state index in [9.17, 15) is 13.2 Å². The number of hydrogen-bond donors (Lipinski definition) is 1. The van der Waals surface area contributed by atoms with Crippen LogP contribution in [-0.2, 0) is 10.0 Å². The van der Waals surface area contributed by atoms with Crippen LogP contribution in [0.15, 0.2) is 29.2 Å². The van der Waals surface area contributed by atoms with Crippen molar-refractivity contribution in [2.75, 3.05) is 13.1 Å². The van der Waals surface area contributed by atoms with Crippen molar-refractivity contribution in [2.24, 2.45) is 11.8 Å². The normalized spacial score (nSPS) is 24.5. The maximum Gasteiger partial charge on any atom is 0.337 e. The maximum absolute atomic E-state index is 12.6. The molecule has 20 heavy (non-hydrogen) atoms. The molecule has 0 amide bonds. The van der Waals surface area contributed by atoms with Crippen molar-refractivity contribution in [3.63, 3.8) is 0 Å². The molecule has 2 atom stereocenters. The van der Waals surface area contributed by atoms with E-state index in [0.717, 1.165) is 6.42 Å². The number of piperidine rings is 1. The van der Waals surface area contributed by atoms with Crippen molar-refractivity contribution in [2.45, 2.75) is 25.2 Å². The van der Waals surface area contributed by atoms with Crippen LogP contribution in [0, 0.1) is 11.8 Å². The van der Waals surface area contributed by atoms with Gasteiger partial charge in [0.15, 0.2) is 0 Å². The van der Waals surface area contributed by atoms with Gasteiger partial charge >= 0.3 is 5.97 Å². The molecule has 0 aliphatic carbocycles. The number of carboxylic acid groups (broad SMARTS) is 1. The molecule has 1 saturated heterocycles. The minimum atomic E-state index is -3.74. The first-order valence-electron chi connectivity index (χ1n) is 6.66. The third kappa shape index (κ3) is 2.71. The van der Waals surface area contributed by atoms with Gasteiger partial charge in [0.1, 0.15) is 0 Å². The van der Waals surface area contributed by atoms with E-state index < -0.39 is 16.0 Å². The fourth-order valence-electron chi connectivity index (χ4n) is 2.45. The minimum absolute atomic E-state index is 0.116. The van der Waals surface area contributed by atoms with Crippen molar-refractivity contribution in [3.05, 3.63) is 29.8 Å². The Bertz CT molecular complexity index is 611. The summed E-state index contributed by atoms with van der Waals surface area (Å²) in [6, 6.07) is 5.77. The molecular weight excluding hydrogens is 278 g/mol. The minimum Gasteiger partial charge on any atom is -0.478 e. The van der Waals surface area contributed by atoms with Crippen LogP contribution in [0.3, 0.4) is 0 Å². The second kappa shape index (κ2) is 5.54. The van der Waals surface area contributed by atoms with E-state index in [1.54, 1.807) is 6.07 Å². The Morgan fingerprint density at radius 1 is 1.25 bits per heavy atom. The number of nitrogens with zero attached hydrogens (tertiary/aromatic N) is 1. The zero-order chi connectivity index (χ0) is 14.9. The fraction of sp³-hybridized carbons (Fsp3) is 0.500. The molecule has 1 heterocycles. The highest BCUT2D eigenvalue weighted by Crippen LogP contribution is 2.28. The lowest BCUT2D eigenvalue weighted by Gasteiger charge is -2.34. The molecule has 0 bridgehead atoms. The number of carboxylic acids is 1. The topological polar surface area (TPSA) is 74.7 Å². The van der Waals surface area contributed by atoms with Crippen LogP contribution in [0.1, 0.15) is 30.6 Å². The second-order valence-corrected chi connectivity index (χ2v) is 7.31. The Hall–Kier alpha value is -1.40. The smallest absolute Gasteiger partial charge is 0.337 e. The van der Waals surface area contributed by atoms with Gasteiger partial charge in [-0.3, -0.25) is 0 Å². The third-order valence-electron chi connectivity index (χ3n) is 4.03. The summed E-state index contributed by atoms with van der Waals surface area (Å²) in [6.07, 6.45) is 0.801. The molecule has 1 aliphatic rings. The average molecular weight is 297 g/mol. The van der Waals surface area contributed by atoms with E-state index in [-0.39, 0.29) is 16.4 Å². The summed E-state index contributed by atoms with van der Waals surface area (Å²) in [7, 11) is -3.74. The van der Waals surface area contributed by atoms with Crippen molar-refractivity contribution < 1.29 is 18.3 Å². The van der Waals surface area contributed by atoms with Crippen LogP contribution in [0.4, 0.5) is 0 Å². The van der Waals surface area contributed by atoms with Crippen LogP contribution >= 0.6 is 0 Å². The van der Waals surface area contributed by atoms with Crippen LogP contribution in [0.2, 0.25) is 0 Å². The van der Waals surface area contributed by atoms with Gasteiger partial charge in [-0.15, -0.1) is 0 Å². The first-order valence-corrected chi connectivity index (χ1v) is 8.10. The highest BCUT2D eigenvalue weighted by molar-refractivity contribution is 7.89. The molecule has 110 valence electrons. The van der Waals surface area contributed by atoms with Gasteiger partial charge in [-0.05, 0) is 30.4 Å². The lowest BCUT2D eigenvalue weighted by atomic mass is 9.90. The summed E-state index contributed by atoms with van der Waals surface area (Å²) in [4.78, 5) is 11.1. The molecule has 1 fully saturated rings. The second-order valence-electron chi connectivity index (χ2n) is 5.41. The Morgan fingerprint density at radius 2 is 1.90 bits per heavy atom. The number of aromatic carboxylic acids is 1. The number of carbonyl (C=O) groups is 1. The summed E-state index contributed by atoms with van der Waals surface area (Å²) < 4.78 is 26.7. The summed E-state index contributed by atoms with van der Waals surface area (Å²) in [5.41, 5.74) is -0.168. The maximum atomic E-state index is 12.6. The Morgan fingerprint density at radius 3 is 2.50 bits per heavy atom. The van der Waals surface area contributed by atoms with E-state index in [0.29, 0.717) is 19.0 Å².